The molecule has 0 radical (unpaired) electrons. The van der Waals surface area contributed by atoms with Crippen molar-refractivity contribution in [1.29, 1.82) is 0 Å². The van der Waals surface area contributed by atoms with E-state index in [-0.39, 0.29) is 5.69 Å². The third kappa shape index (κ3) is 4.29. The zero-order valence-electron chi connectivity index (χ0n) is 11.7. The lowest BCUT2D eigenvalue weighted by atomic mass is 10.1. The highest BCUT2D eigenvalue weighted by Gasteiger charge is 2.04. The van der Waals surface area contributed by atoms with Gasteiger partial charge < -0.3 is 9.84 Å². The number of ether oxygens (including phenoxy) is 1. The Bertz CT molecular complexity index is 591. The number of non-ortho nitro benzene ring substituents is 1. The van der Waals surface area contributed by atoms with Crippen molar-refractivity contribution in [2.45, 2.75) is 19.4 Å². The van der Waals surface area contributed by atoms with Crippen LogP contribution in [0.1, 0.15) is 24.2 Å². The molecule has 5 heteroatoms. The van der Waals surface area contributed by atoms with Gasteiger partial charge in [-0.15, -0.1) is 0 Å². The van der Waals surface area contributed by atoms with Crippen molar-refractivity contribution >= 4 is 5.69 Å². The topological polar surface area (TPSA) is 72.6 Å². The molecule has 110 valence electrons. The fourth-order valence-electron chi connectivity index (χ4n) is 1.91. The number of aliphatic hydroxyl groups is 1. The summed E-state index contributed by atoms with van der Waals surface area (Å²) in [5.41, 5.74) is 1.92. The zero-order chi connectivity index (χ0) is 15.2. The van der Waals surface area contributed by atoms with Crippen LogP contribution in [0, 0.1) is 10.1 Å². The Morgan fingerprint density at radius 2 is 1.76 bits per heavy atom. The first-order chi connectivity index (χ1) is 10.1. The van der Waals surface area contributed by atoms with Crippen molar-refractivity contribution in [2.24, 2.45) is 0 Å². The molecule has 0 aliphatic carbocycles. The average Bonchev–Trinajstić information content (AvgIpc) is 2.48. The summed E-state index contributed by atoms with van der Waals surface area (Å²) >= 11 is 0. The van der Waals surface area contributed by atoms with E-state index in [0.717, 1.165) is 16.9 Å². The first-order valence-corrected chi connectivity index (χ1v) is 6.70. The molecule has 0 aromatic heterocycles. The maximum Gasteiger partial charge on any atom is 0.269 e. The lowest BCUT2D eigenvalue weighted by molar-refractivity contribution is -0.384. The molecule has 0 amide bonds. The van der Waals surface area contributed by atoms with E-state index in [4.69, 9.17) is 4.74 Å². The molecule has 0 heterocycles. The molecule has 1 N–H and O–H groups in total. The molecule has 2 aromatic carbocycles. The molecule has 0 unspecified atom stereocenters. The second-order valence-corrected chi connectivity index (χ2v) is 4.77. The smallest absolute Gasteiger partial charge is 0.269 e. The molecule has 0 aliphatic rings. The third-order valence-electron chi connectivity index (χ3n) is 3.17. The number of aliphatic hydroxyl groups excluding tert-OH is 1. The summed E-state index contributed by atoms with van der Waals surface area (Å²) in [6.45, 7) is 2.20. The summed E-state index contributed by atoms with van der Waals surface area (Å²) in [5.74, 6) is 0.737. The number of nitro groups is 1. The molecule has 2 rings (SSSR count). The Labute approximate surface area is 123 Å². The summed E-state index contributed by atoms with van der Waals surface area (Å²) in [6.07, 6.45) is 0.190. The Kier molecular flexibility index (Phi) is 4.90. The van der Waals surface area contributed by atoms with E-state index in [0.29, 0.717) is 13.0 Å². The van der Waals surface area contributed by atoms with Gasteiger partial charge >= 0.3 is 0 Å². The van der Waals surface area contributed by atoms with Gasteiger partial charge in [-0.25, -0.2) is 0 Å². The number of hydrogen-bond donors (Lipinski definition) is 1. The lowest BCUT2D eigenvalue weighted by Crippen LogP contribution is -2.01. The maximum absolute atomic E-state index is 10.5. The van der Waals surface area contributed by atoms with Crippen LogP contribution >= 0.6 is 0 Å². The third-order valence-corrected chi connectivity index (χ3v) is 3.17. The Hall–Kier alpha value is -2.40. The molecule has 0 saturated carbocycles. The maximum atomic E-state index is 10.5. The number of rotatable bonds is 6. The van der Waals surface area contributed by atoms with Crippen molar-refractivity contribution in [3.05, 3.63) is 69.8 Å². The number of nitro benzene ring substituents is 1. The molecule has 5 nitrogen and oxygen atoms in total. The van der Waals surface area contributed by atoms with E-state index < -0.39 is 11.0 Å². The first-order valence-electron chi connectivity index (χ1n) is 6.70. The lowest BCUT2D eigenvalue weighted by Gasteiger charge is -2.08. The van der Waals surface area contributed by atoms with Gasteiger partial charge in [-0.1, -0.05) is 24.3 Å². The van der Waals surface area contributed by atoms with Crippen LogP contribution in [0.5, 0.6) is 5.75 Å². The number of hydrogen-bond acceptors (Lipinski definition) is 4. The minimum absolute atomic E-state index is 0.0911. The normalized spacial score (nSPS) is 11.9. The molecule has 0 bridgehead atoms. The number of nitrogens with zero attached hydrogens (tertiary/aromatic N) is 1. The van der Waals surface area contributed by atoms with Gasteiger partial charge in [0.15, 0.2) is 0 Å². The van der Waals surface area contributed by atoms with Gasteiger partial charge in [-0.2, -0.15) is 0 Å². The van der Waals surface area contributed by atoms with Crippen LogP contribution in [0.2, 0.25) is 0 Å². The first kappa shape index (κ1) is 15.0. The van der Waals surface area contributed by atoms with Gasteiger partial charge in [-0.3, -0.25) is 10.1 Å². The second-order valence-electron chi connectivity index (χ2n) is 4.77. The fourth-order valence-corrected chi connectivity index (χ4v) is 1.91. The summed E-state index contributed by atoms with van der Waals surface area (Å²) < 4.78 is 5.61. The molecule has 1 atom stereocenters. The zero-order valence-corrected chi connectivity index (χ0v) is 11.7. The van der Waals surface area contributed by atoms with Crippen molar-refractivity contribution in [3.8, 4) is 5.75 Å². The van der Waals surface area contributed by atoms with Crippen molar-refractivity contribution < 1.29 is 14.8 Å². The van der Waals surface area contributed by atoms with Crippen LogP contribution in [0.3, 0.4) is 0 Å². The van der Waals surface area contributed by atoms with Crippen LogP contribution in [-0.2, 0) is 6.42 Å². The Balaban J connectivity index is 1.85. The highest BCUT2D eigenvalue weighted by Crippen LogP contribution is 2.18. The van der Waals surface area contributed by atoms with Gasteiger partial charge in [0.05, 0.1) is 17.6 Å². The van der Waals surface area contributed by atoms with Crippen LogP contribution in [-0.4, -0.2) is 16.6 Å². The second kappa shape index (κ2) is 6.85. The van der Waals surface area contributed by atoms with E-state index in [2.05, 4.69) is 0 Å². The van der Waals surface area contributed by atoms with E-state index in [1.807, 2.05) is 24.3 Å². The van der Waals surface area contributed by atoms with Gasteiger partial charge in [-0.05, 0) is 30.2 Å². The SMILES string of the molecule is C[C@H](O)c1ccc(OCCc2ccc([N+](=O)[O-])cc2)cc1. The fraction of sp³-hybridized carbons (Fsp3) is 0.250. The molecule has 0 aliphatic heterocycles. The summed E-state index contributed by atoms with van der Waals surface area (Å²) in [7, 11) is 0. The van der Waals surface area contributed by atoms with E-state index in [9.17, 15) is 15.2 Å². The van der Waals surface area contributed by atoms with Gasteiger partial charge in [0.1, 0.15) is 5.75 Å². The molecule has 21 heavy (non-hydrogen) atoms. The quantitative estimate of drug-likeness (QED) is 0.653. The van der Waals surface area contributed by atoms with Crippen LogP contribution in [0.15, 0.2) is 48.5 Å². The molecule has 0 spiro atoms. The summed E-state index contributed by atoms with van der Waals surface area (Å²) in [4.78, 5) is 10.1. The summed E-state index contributed by atoms with van der Waals surface area (Å²) in [6, 6.07) is 13.7. The predicted octanol–water partition coefficient (Wildman–Crippen LogP) is 3.27. The van der Waals surface area contributed by atoms with Crippen LogP contribution in [0.4, 0.5) is 5.69 Å². The minimum atomic E-state index is -0.487. The highest BCUT2D eigenvalue weighted by molar-refractivity contribution is 5.33. The van der Waals surface area contributed by atoms with Crippen molar-refractivity contribution in [3.63, 3.8) is 0 Å². The molecular formula is C16H17NO4. The summed E-state index contributed by atoms with van der Waals surface area (Å²) in [5, 5.41) is 20.0. The highest BCUT2D eigenvalue weighted by atomic mass is 16.6. The standard InChI is InChI=1S/C16H17NO4/c1-12(18)14-4-8-16(9-5-14)21-11-10-13-2-6-15(7-3-13)17(19)20/h2-9,12,18H,10-11H2,1H3/t12-/m0/s1. The monoisotopic (exact) mass is 287 g/mol. The predicted molar refractivity (Wildman–Crippen MR) is 79.4 cm³/mol. The van der Waals surface area contributed by atoms with Crippen molar-refractivity contribution in [1.82, 2.24) is 0 Å². The van der Waals surface area contributed by atoms with Crippen LogP contribution < -0.4 is 4.74 Å². The molecule has 2 aromatic rings. The molecule has 0 fully saturated rings. The Morgan fingerprint density at radius 3 is 2.29 bits per heavy atom. The van der Waals surface area contributed by atoms with Gasteiger partial charge in [0.25, 0.3) is 5.69 Å². The largest absolute Gasteiger partial charge is 0.493 e. The Morgan fingerprint density at radius 1 is 1.14 bits per heavy atom. The minimum Gasteiger partial charge on any atom is -0.493 e. The average molecular weight is 287 g/mol. The van der Waals surface area contributed by atoms with Crippen LogP contribution in [0.25, 0.3) is 0 Å². The van der Waals surface area contributed by atoms with E-state index >= 15 is 0 Å². The number of benzene rings is 2. The van der Waals surface area contributed by atoms with E-state index in [1.54, 1.807) is 19.1 Å². The van der Waals surface area contributed by atoms with E-state index in [1.165, 1.54) is 12.1 Å². The van der Waals surface area contributed by atoms with Gasteiger partial charge in [0, 0.05) is 18.6 Å². The van der Waals surface area contributed by atoms with Crippen molar-refractivity contribution in [2.75, 3.05) is 6.61 Å². The molecule has 0 saturated heterocycles. The van der Waals surface area contributed by atoms with Gasteiger partial charge in [0.2, 0.25) is 0 Å². The molecular weight excluding hydrogens is 270 g/mol.